The number of methoxy groups -OCH3 is 2. The number of carbonyl (C=O) groups is 1. The summed E-state index contributed by atoms with van der Waals surface area (Å²) in [6, 6.07) is 7.68. The van der Waals surface area contributed by atoms with Crippen LogP contribution in [0.5, 0.6) is 5.75 Å². The van der Waals surface area contributed by atoms with Crippen molar-refractivity contribution in [2.75, 3.05) is 20.8 Å². The molecule has 0 bridgehead atoms. The van der Waals surface area contributed by atoms with E-state index in [2.05, 4.69) is 14.9 Å². The lowest BCUT2D eigenvalue weighted by molar-refractivity contribution is 0.111. The van der Waals surface area contributed by atoms with Crippen LogP contribution in [0.3, 0.4) is 0 Å². The molecule has 0 atom stereocenters. The van der Waals surface area contributed by atoms with E-state index in [0.717, 1.165) is 34.5 Å². The molecule has 5 aromatic rings. The number of carbonyl (C=O) groups excluding carboxylic acids is 1. The number of nitrogens with zero attached hydrogens (tertiary/aromatic N) is 4. The molecule has 0 aliphatic carbocycles. The van der Waals surface area contributed by atoms with Crippen LogP contribution in [0.15, 0.2) is 45.6 Å². The summed E-state index contributed by atoms with van der Waals surface area (Å²) in [6.45, 7) is 2.78. The van der Waals surface area contributed by atoms with Crippen molar-refractivity contribution < 1.29 is 18.7 Å². The molecule has 0 radical (unpaired) electrons. The van der Waals surface area contributed by atoms with Crippen molar-refractivity contribution in [2.24, 2.45) is 7.05 Å². The third-order valence-corrected chi connectivity index (χ3v) is 5.45. The Balaban J connectivity index is 0.000000535. The molecule has 0 saturated heterocycles. The van der Waals surface area contributed by atoms with Crippen LogP contribution in [-0.2, 0) is 11.8 Å². The molecule has 9 heteroatoms. The van der Waals surface area contributed by atoms with Gasteiger partial charge in [0.15, 0.2) is 17.6 Å². The minimum Gasteiger partial charge on any atom is -0.496 e. The van der Waals surface area contributed by atoms with Crippen LogP contribution < -0.4 is 4.74 Å². The number of ether oxygens (including phenoxy) is 2. The van der Waals surface area contributed by atoms with Crippen LogP contribution in [0.25, 0.3) is 39.0 Å². The molecule has 160 valence electrons. The Labute approximate surface area is 182 Å². The second kappa shape index (κ2) is 8.75. The number of aromatic nitrogens is 4. The van der Waals surface area contributed by atoms with Gasteiger partial charge in [0.1, 0.15) is 16.8 Å². The Morgan fingerprint density at radius 1 is 1.23 bits per heavy atom. The number of hydrogen-bond donors (Lipinski definition) is 0. The summed E-state index contributed by atoms with van der Waals surface area (Å²) in [5, 5.41) is 13.7. The van der Waals surface area contributed by atoms with Crippen molar-refractivity contribution in [1.82, 2.24) is 19.6 Å². The van der Waals surface area contributed by atoms with E-state index >= 15 is 0 Å². The van der Waals surface area contributed by atoms with Crippen LogP contribution in [0.4, 0.5) is 0 Å². The maximum Gasteiger partial charge on any atom is 0.184 e. The summed E-state index contributed by atoms with van der Waals surface area (Å²) in [6.07, 6.45) is 2.59. The average Bonchev–Trinajstić information content (AvgIpc) is 3.57. The topological polar surface area (TPSA) is 84.3 Å². The fourth-order valence-electron chi connectivity index (χ4n) is 3.27. The Morgan fingerprint density at radius 3 is 2.61 bits per heavy atom. The first-order valence-electron chi connectivity index (χ1n) is 9.61. The molecule has 4 heterocycles. The first-order valence-corrected chi connectivity index (χ1v) is 10.6. The molecular weight excluding hydrogens is 416 g/mol. The second-order valence-corrected chi connectivity index (χ2v) is 7.46. The summed E-state index contributed by atoms with van der Waals surface area (Å²) in [4.78, 5) is 11.5. The first kappa shape index (κ1) is 20.8. The fraction of sp³-hybridized carbons (Fsp3) is 0.227. The largest absolute Gasteiger partial charge is 0.496 e. The maximum absolute atomic E-state index is 11.5. The SMILES string of the molecule is CCOC.COc1cc2oc3c(C=O)nn(-c4ccsc4)c3c2cc1-c1ccn(C)n1. The van der Waals surface area contributed by atoms with E-state index in [4.69, 9.17) is 9.15 Å². The molecule has 1 aromatic carbocycles. The molecule has 0 aliphatic rings. The molecule has 0 unspecified atom stereocenters. The number of aldehydes is 1. The lowest BCUT2D eigenvalue weighted by atomic mass is 10.1. The monoisotopic (exact) mass is 438 g/mol. The summed E-state index contributed by atoms with van der Waals surface area (Å²) in [5.41, 5.74) is 4.64. The van der Waals surface area contributed by atoms with Crippen molar-refractivity contribution in [3.05, 3.63) is 46.9 Å². The molecule has 0 amide bonds. The number of benzene rings is 1. The molecular formula is C22H22N4O4S. The van der Waals surface area contributed by atoms with Crippen molar-refractivity contribution in [3.8, 4) is 22.7 Å². The molecule has 4 aromatic heterocycles. The van der Waals surface area contributed by atoms with Crippen LogP contribution in [0, 0.1) is 0 Å². The predicted octanol–water partition coefficient (Wildman–Crippen LogP) is 4.71. The molecule has 0 spiro atoms. The van der Waals surface area contributed by atoms with Crippen molar-refractivity contribution in [2.45, 2.75) is 6.92 Å². The molecule has 0 aliphatic heterocycles. The number of aryl methyl sites for hydroxylation is 1. The first-order chi connectivity index (χ1) is 15.1. The number of rotatable bonds is 5. The number of thiophene rings is 1. The highest BCUT2D eigenvalue weighted by Gasteiger charge is 2.22. The van der Waals surface area contributed by atoms with Gasteiger partial charge in [-0.25, -0.2) is 4.68 Å². The van der Waals surface area contributed by atoms with Crippen LogP contribution in [0.2, 0.25) is 0 Å². The Kier molecular flexibility index (Phi) is 5.88. The second-order valence-electron chi connectivity index (χ2n) is 6.68. The lowest BCUT2D eigenvalue weighted by Gasteiger charge is -2.07. The van der Waals surface area contributed by atoms with Gasteiger partial charge in [-0.2, -0.15) is 21.5 Å². The molecule has 5 rings (SSSR count). The quantitative estimate of drug-likeness (QED) is 0.370. The van der Waals surface area contributed by atoms with E-state index in [1.165, 1.54) is 0 Å². The van der Waals surface area contributed by atoms with Gasteiger partial charge in [0.2, 0.25) is 0 Å². The third-order valence-electron chi connectivity index (χ3n) is 4.78. The van der Waals surface area contributed by atoms with Gasteiger partial charge in [-0.1, -0.05) is 0 Å². The molecule has 0 saturated carbocycles. The van der Waals surface area contributed by atoms with E-state index in [-0.39, 0.29) is 5.69 Å². The minimum atomic E-state index is 0.269. The number of fused-ring (bicyclic) bond motifs is 3. The van der Waals surface area contributed by atoms with E-state index in [9.17, 15) is 4.79 Å². The summed E-state index contributed by atoms with van der Waals surface area (Å²) in [7, 11) is 5.16. The summed E-state index contributed by atoms with van der Waals surface area (Å²) in [5.74, 6) is 0.653. The lowest BCUT2D eigenvalue weighted by Crippen LogP contribution is -1.96. The van der Waals surface area contributed by atoms with Gasteiger partial charge in [-0.15, -0.1) is 0 Å². The van der Waals surface area contributed by atoms with Crippen molar-refractivity contribution in [3.63, 3.8) is 0 Å². The van der Waals surface area contributed by atoms with Gasteiger partial charge >= 0.3 is 0 Å². The normalized spacial score (nSPS) is 11.0. The Hall–Kier alpha value is -3.43. The molecule has 8 nitrogen and oxygen atoms in total. The Morgan fingerprint density at radius 2 is 2.03 bits per heavy atom. The maximum atomic E-state index is 11.5. The summed E-state index contributed by atoms with van der Waals surface area (Å²) < 4.78 is 19.6. The van der Waals surface area contributed by atoms with Gasteiger partial charge in [0.05, 0.1) is 18.5 Å². The van der Waals surface area contributed by atoms with Gasteiger partial charge in [-0.3, -0.25) is 9.48 Å². The zero-order chi connectivity index (χ0) is 22.0. The predicted molar refractivity (Wildman–Crippen MR) is 120 cm³/mol. The highest BCUT2D eigenvalue weighted by molar-refractivity contribution is 7.08. The Bertz CT molecular complexity index is 1330. The van der Waals surface area contributed by atoms with Crippen LogP contribution in [-0.4, -0.2) is 46.7 Å². The van der Waals surface area contributed by atoms with Crippen LogP contribution >= 0.6 is 11.3 Å². The third kappa shape index (κ3) is 3.73. The molecule has 0 N–H and O–H groups in total. The van der Waals surface area contributed by atoms with E-state index < -0.39 is 0 Å². The molecule has 0 fully saturated rings. The van der Waals surface area contributed by atoms with Gasteiger partial charge in [0.25, 0.3) is 0 Å². The van der Waals surface area contributed by atoms with Gasteiger partial charge in [0, 0.05) is 49.4 Å². The fourth-order valence-corrected chi connectivity index (χ4v) is 3.88. The van der Waals surface area contributed by atoms with Crippen molar-refractivity contribution in [1.29, 1.82) is 0 Å². The average molecular weight is 439 g/mol. The van der Waals surface area contributed by atoms with Crippen LogP contribution in [0.1, 0.15) is 17.4 Å². The molecule has 31 heavy (non-hydrogen) atoms. The van der Waals surface area contributed by atoms with E-state index in [1.54, 1.807) is 34.9 Å². The van der Waals surface area contributed by atoms with Gasteiger partial charge < -0.3 is 13.9 Å². The zero-order valence-electron chi connectivity index (χ0n) is 17.7. The van der Waals surface area contributed by atoms with Crippen molar-refractivity contribution >= 4 is 39.7 Å². The highest BCUT2D eigenvalue weighted by atomic mass is 32.1. The minimum absolute atomic E-state index is 0.269. The van der Waals surface area contributed by atoms with Gasteiger partial charge in [-0.05, 0) is 30.5 Å². The number of furan rings is 1. The zero-order valence-corrected chi connectivity index (χ0v) is 18.5. The number of hydrogen-bond acceptors (Lipinski definition) is 7. The summed E-state index contributed by atoms with van der Waals surface area (Å²) >= 11 is 1.56. The van der Waals surface area contributed by atoms with E-state index in [0.29, 0.717) is 23.2 Å². The standard InChI is InChI=1S/C19H14N4O3S.C3H8O/c1-22-5-3-14(20-22)12-7-13-17(8-16(12)25-2)26-19-15(9-24)21-23(18(13)19)11-4-6-27-10-11;1-3-4-2/h3-10H,1-2H3;3H2,1-2H3. The smallest absolute Gasteiger partial charge is 0.184 e. The highest BCUT2D eigenvalue weighted by Crippen LogP contribution is 2.39. The van der Waals surface area contributed by atoms with E-state index in [1.807, 2.05) is 55.2 Å².